The predicted molar refractivity (Wildman–Crippen MR) is 99.4 cm³/mol. The van der Waals surface area contributed by atoms with Gasteiger partial charge < -0.3 is 14.5 Å². The van der Waals surface area contributed by atoms with E-state index in [1.165, 1.54) is 6.20 Å². The maximum Gasteiger partial charge on any atom is 0.274 e. The average Bonchev–Trinajstić information content (AvgIpc) is 3.09. The minimum Gasteiger partial charge on any atom is -0.378 e. The van der Waals surface area contributed by atoms with E-state index < -0.39 is 0 Å². The Balaban J connectivity index is 1.43. The first-order valence-corrected chi connectivity index (χ1v) is 9.24. The number of hydrogen-bond acceptors (Lipinski definition) is 5. The molecule has 1 atom stereocenters. The summed E-state index contributed by atoms with van der Waals surface area (Å²) in [6.07, 6.45) is 4.31. The van der Waals surface area contributed by atoms with Crippen molar-refractivity contribution in [3.8, 4) is 0 Å². The molecule has 2 amide bonds. The van der Waals surface area contributed by atoms with Crippen LogP contribution < -0.4 is 4.90 Å². The lowest BCUT2D eigenvalue weighted by molar-refractivity contribution is -0.117. The topological polar surface area (TPSA) is 75.6 Å². The van der Waals surface area contributed by atoms with Crippen molar-refractivity contribution < 1.29 is 14.3 Å². The Hall–Kier alpha value is -2.80. The molecule has 0 saturated carbocycles. The fourth-order valence-corrected chi connectivity index (χ4v) is 3.61. The quantitative estimate of drug-likeness (QED) is 0.821. The lowest BCUT2D eigenvalue weighted by atomic mass is 10.0. The second-order valence-electron chi connectivity index (χ2n) is 6.91. The van der Waals surface area contributed by atoms with Gasteiger partial charge in [0, 0.05) is 37.9 Å². The number of amides is 2. The van der Waals surface area contributed by atoms with E-state index in [9.17, 15) is 9.59 Å². The Bertz CT molecular complexity index is 821. The van der Waals surface area contributed by atoms with Gasteiger partial charge in [-0.25, -0.2) is 4.98 Å². The number of morpholine rings is 1. The van der Waals surface area contributed by atoms with E-state index in [0.717, 1.165) is 11.4 Å². The monoisotopic (exact) mass is 366 g/mol. The normalized spacial score (nSPS) is 20.1. The number of anilines is 1. The Morgan fingerprint density at radius 3 is 2.70 bits per heavy atom. The molecular formula is C20H22N4O3. The van der Waals surface area contributed by atoms with Gasteiger partial charge in [0.25, 0.3) is 5.91 Å². The van der Waals surface area contributed by atoms with Gasteiger partial charge in [0.15, 0.2) is 0 Å². The summed E-state index contributed by atoms with van der Waals surface area (Å²) in [6, 6.07) is 9.70. The molecule has 0 aliphatic carbocycles. The van der Waals surface area contributed by atoms with Gasteiger partial charge in [-0.15, -0.1) is 0 Å². The van der Waals surface area contributed by atoms with Crippen LogP contribution in [0.25, 0.3) is 0 Å². The second-order valence-corrected chi connectivity index (χ2v) is 6.91. The fraction of sp³-hybridized carbons (Fsp3) is 0.400. The van der Waals surface area contributed by atoms with Crippen LogP contribution in [0.4, 0.5) is 5.69 Å². The van der Waals surface area contributed by atoms with Gasteiger partial charge in [-0.3, -0.25) is 14.6 Å². The van der Waals surface area contributed by atoms with Crippen LogP contribution in [0, 0.1) is 5.92 Å². The molecule has 0 bridgehead atoms. The van der Waals surface area contributed by atoms with Crippen LogP contribution >= 0.6 is 0 Å². The van der Waals surface area contributed by atoms with E-state index in [1.54, 1.807) is 11.1 Å². The molecule has 3 heterocycles. The number of rotatable bonds is 4. The molecule has 2 aliphatic rings. The zero-order chi connectivity index (χ0) is 18.6. The molecular weight excluding hydrogens is 344 g/mol. The van der Waals surface area contributed by atoms with Gasteiger partial charge in [-0.2, -0.15) is 0 Å². The first-order chi connectivity index (χ1) is 13.2. The Labute approximate surface area is 158 Å². The first kappa shape index (κ1) is 17.6. The van der Waals surface area contributed by atoms with Gasteiger partial charge in [0.1, 0.15) is 5.69 Å². The van der Waals surface area contributed by atoms with Crippen LogP contribution in [0.3, 0.4) is 0 Å². The highest BCUT2D eigenvalue weighted by atomic mass is 16.5. The standard InChI is InChI=1S/C20H22N4O3/c25-19-11-15(14-24(19)17-4-2-1-3-5-17)10-16-12-21-13-18(22-16)20(26)23-6-8-27-9-7-23/h1-5,12-13,15H,6-11,14H2/t15-/m1/s1. The SMILES string of the molecule is O=C(c1cncc(C[C@@H]2CC(=O)N(c3ccccc3)C2)n1)N1CCOCC1. The Kier molecular flexibility index (Phi) is 5.11. The van der Waals surface area contributed by atoms with Crippen molar-refractivity contribution in [2.75, 3.05) is 37.7 Å². The largest absolute Gasteiger partial charge is 0.378 e. The molecule has 7 heteroatoms. The number of aromatic nitrogens is 2. The summed E-state index contributed by atoms with van der Waals surface area (Å²) >= 11 is 0. The summed E-state index contributed by atoms with van der Waals surface area (Å²) in [5.74, 6) is 0.182. The van der Waals surface area contributed by atoms with Crippen LogP contribution in [0.15, 0.2) is 42.7 Å². The molecule has 4 rings (SSSR count). The van der Waals surface area contributed by atoms with E-state index >= 15 is 0 Å². The third-order valence-electron chi connectivity index (χ3n) is 4.97. The lowest BCUT2D eigenvalue weighted by Gasteiger charge is -2.26. The molecule has 1 aromatic heterocycles. The highest BCUT2D eigenvalue weighted by Crippen LogP contribution is 2.26. The summed E-state index contributed by atoms with van der Waals surface area (Å²) in [4.78, 5) is 37.2. The molecule has 0 spiro atoms. The lowest BCUT2D eigenvalue weighted by Crippen LogP contribution is -2.41. The van der Waals surface area contributed by atoms with Crippen molar-refractivity contribution in [3.63, 3.8) is 0 Å². The van der Waals surface area contributed by atoms with Crippen molar-refractivity contribution in [2.45, 2.75) is 12.8 Å². The van der Waals surface area contributed by atoms with Gasteiger partial charge >= 0.3 is 0 Å². The number of hydrogen-bond donors (Lipinski definition) is 0. The summed E-state index contributed by atoms with van der Waals surface area (Å²) < 4.78 is 5.29. The molecule has 2 aromatic rings. The highest BCUT2D eigenvalue weighted by molar-refractivity contribution is 5.95. The fourth-order valence-electron chi connectivity index (χ4n) is 3.61. The molecule has 0 unspecified atom stereocenters. The highest BCUT2D eigenvalue weighted by Gasteiger charge is 2.31. The van der Waals surface area contributed by atoms with Crippen molar-refractivity contribution in [3.05, 3.63) is 54.1 Å². The molecule has 0 radical (unpaired) electrons. The number of benzene rings is 1. The smallest absolute Gasteiger partial charge is 0.274 e. The second kappa shape index (κ2) is 7.84. The average molecular weight is 366 g/mol. The predicted octanol–water partition coefficient (Wildman–Crippen LogP) is 1.54. The number of carbonyl (C=O) groups excluding carboxylic acids is 2. The molecule has 140 valence electrons. The molecule has 0 N–H and O–H groups in total. The maximum absolute atomic E-state index is 12.6. The van der Waals surface area contributed by atoms with Crippen LogP contribution in [-0.4, -0.2) is 59.5 Å². The molecule has 7 nitrogen and oxygen atoms in total. The van der Waals surface area contributed by atoms with Crippen molar-refractivity contribution in [1.82, 2.24) is 14.9 Å². The third kappa shape index (κ3) is 3.98. The van der Waals surface area contributed by atoms with Crippen LogP contribution in [0.1, 0.15) is 22.6 Å². The van der Waals surface area contributed by atoms with Gasteiger partial charge in [-0.1, -0.05) is 18.2 Å². The van der Waals surface area contributed by atoms with Crippen molar-refractivity contribution >= 4 is 17.5 Å². The van der Waals surface area contributed by atoms with Crippen LogP contribution in [0.2, 0.25) is 0 Å². The van der Waals surface area contributed by atoms with E-state index in [-0.39, 0.29) is 17.7 Å². The Morgan fingerprint density at radius 2 is 1.93 bits per heavy atom. The number of carbonyl (C=O) groups is 2. The van der Waals surface area contributed by atoms with E-state index in [1.807, 2.05) is 35.2 Å². The van der Waals surface area contributed by atoms with E-state index in [2.05, 4.69) is 9.97 Å². The number of nitrogens with zero attached hydrogens (tertiary/aromatic N) is 4. The molecule has 1 aromatic carbocycles. The van der Waals surface area contributed by atoms with E-state index in [4.69, 9.17) is 4.74 Å². The molecule has 2 fully saturated rings. The first-order valence-electron chi connectivity index (χ1n) is 9.24. The molecule has 2 aliphatic heterocycles. The van der Waals surface area contributed by atoms with Crippen molar-refractivity contribution in [2.24, 2.45) is 5.92 Å². The van der Waals surface area contributed by atoms with E-state index in [0.29, 0.717) is 51.4 Å². The summed E-state index contributed by atoms with van der Waals surface area (Å²) in [5, 5.41) is 0. The van der Waals surface area contributed by atoms with Gasteiger partial charge in [0.05, 0.1) is 25.1 Å². The number of ether oxygens (including phenoxy) is 1. The summed E-state index contributed by atoms with van der Waals surface area (Å²) in [7, 11) is 0. The molecule has 27 heavy (non-hydrogen) atoms. The van der Waals surface area contributed by atoms with Gasteiger partial charge in [0.2, 0.25) is 5.91 Å². The summed E-state index contributed by atoms with van der Waals surface area (Å²) in [6.45, 7) is 2.92. The van der Waals surface area contributed by atoms with Gasteiger partial charge in [-0.05, 0) is 24.5 Å². The maximum atomic E-state index is 12.6. The zero-order valence-corrected chi connectivity index (χ0v) is 15.1. The summed E-state index contributed by atoms with van der Waals surface area (Å²) in [5.41, 5.74) is 2.03. The van der Waals surface area contributed by atoms with Crippen LogP contribution in [-0.2, 0) is 16.0 Å². The van der Waals surface area contributed by atoms with Crippen molar-refractivity contribution in [1.29, 1.82) is 0 Å². The third-order valence-corrected chi connectivity index (χ3v) is 4.97. The Morgan fingerprint density at radius 1 is 1.15 bits per heavy atom. The minimum absolute atomic E-state index is 0.110. The van der Waals surface area contributed by atoms with Crippen LogP contribution in [0.5, 0.6) is 0 Å². The molecule has 2 saturated heterocycles. The number of para-hydroxylation sites is 1. The minimum atomic E-state index is -0.110. The zero-order valence-electron chi connectivity index (χ0n) is 15.1.